The normalized spacial score (nSPS) is 24.7. The SMILES string of the molecule is CC(C)COC(=O)Nc1ccc(-c2ccc(O)c3c2C[C@H]2C[C@H]4[C@@H](N(C)C)C(=O)C(C(N)=O)=C(O)[C@@]4(O)C(=O)C2=C3O)cc1. The fourth-order valence-electron chi connectivity index (χ4n) is 6.64. The van der Waals surface area contributed by atoms with E-state index in [9.17, 15) is 39.6 Å². The third-order valence-corrected chi connectivity index (χ3v) is 8.59. The average Bonchev–Trinajstić information content (AvgIpc) is 2.94. The lowest BCUT2D eigenvalue weighted by Crippen LogP contribution is -2.65. The van der Waals surface area contributed by atoms with Gasteiger partial charge in [-0.05, 0) is 73.7 Å². The summed E-state index contributed by atoms with van der Waals surface area (Å²) in [7, 11) is 3.10. The molecule has 1 fully saturated rings. The van der Waals surface area contributed by atoms with E-state index in [0.717, 1.165) is 0 Å². The summed E-state index contributed by atoms with van der Waals surface area (Å²) in [4.78, 5) is 52.9. The molecule has 5 rings (SSSR count). The summed E-state index contributed by atoms with van der Waals surface area (Å²) >= 11 is 0. The van der Waals surface area contributed by atoms with Gasteiger partial charge in [-0.15, -0.1) is 0 Å². The van der Waals surface area contributed by atoms with Gasteiger partial charge < -0.3 is 30.9 Å². The maximum atomic E-state index is 14.0. The number of benzene rings is 2. The number of nitrogens with zero attached hydrogens (tertiary/aromatic N) is 1. The molecular weight excluding hydrogens is 570 g/mol. The van der Waals surface area contributed by atoms with Crippen molar-refractivity contribution in [1.82, 2.24) is 4.90 Å². The minimum atomic E-state index is -2.70. The van der Waals surface area contributed by atoms with E-state index >= 15 is 0 Å². The van der Waals surface area contributed by atoms with Crippen LogP contribution >= 0.6 is 0 Å². The first-order valence-electron chi connectivity index (χ1n) is 14.2. The third-order valence-electron chi connectivity index (χ3n) is 8.59. The molecule has 12 heteroatoms. The summed E-state index contributed by atoms with van der Waals surface area (Å²) in [5.74, 6) is -6.84. The number of Topliss-reactive ketones (excluding diaryl/α,β-unsaturated/α-hetero) is 2. The first-order valence-corrected chi connectivity index (χ1v) is 14.2. The molecule has 7 N–H and O–H groups in total. The van der Waals surface area contributed by atoms with Gasteiger partial charge in [-0.2, -0.15) is 0 Å². The minimum absolute atomic E-state index is 0.00162. The van der Waals surface area contributed by atoms with Gasteiger partial charge in [0.05, 0.1) is 18.2 Å². The van der Waals surface area contributed by atoms with E-state index in [-0.39, 0.29) is 42.3 Å². The average molecular weight is 606 g/mol. The molecule has 4 atom stereocenters. The first kappa shape index (κ1) is 30.8. The van der Waals surface area contributed by atoms with Gasteiger partial charge in [-0.1, -0.05) is 32.0 Å². The Labute approximate surface area is 253 Å². The monoisotopic (exact) mass is 605 g/mol. The van der Waals surface area contributed by atoms with Gasteiger partial charge in [0.1, 0.15) is 22.8 Å². The predicted molar refractivity (Wildman–Crippen MR) is 159 cm³/mol. The van der Waals surface area contributed by atoms with E-state index in [0.29, 0.717) is 22.4 Å². The Morgan fingerprint density at radius 3 is 2.34 bits per heavy atom. The second-order valence-electron chi connectivity index (χ2n) is 12.1. The Morgan fingerprint density at radius 2 is 1.75 bits per heavy atom. The predicted octanol–water partition coefficient (Wildman–Crippen LogP) is 2.84. The number of aliphatic hydroxyl groups is 3. The number of phenolic OH excluding ortho intramolecular Hbond substituents is 1. The number of aromatic hydroxyl groups is 1. The van der Waals surface area contributed by atoms with Crippen molar-refractivity contribution in [3.63, 3.8) is 0 Å². The molecule has 3 aliphatic carbocycles. The van der Waals surface area contributed by atoms with E-state index in [4.69, 9.17) is 10.5 Å². The molecule has 12 nitrogen and oxygen atoms in total. The van der Waals surface area contributed by atoms with Crippen molar-refractivity contribution in [1.29, 1.82) is 0 Å². The number of ketones is 2. The number of carbonyl (C=O) groups is 4. The van der Waals surface area contributed by atoms with Crippen LogP contribution in [0.1, 0.15) is 31.4 Å². The third kappa shape index (κ3) is 4.80. The maximum Gasteiger partial charge on any atom is 0.411 e. The molecule has 1 saturated carbocycles. The molecular formula is C32H35N3O9. The zero-order valence-electron chi connectivity index (χ0n) is 24.7. The van der Waals surface area contributed by atoms with Crippen molar-refractivity contribution in [2.45, 2.75) is 38.3 Å². The number of nitrogens with one attached hydrogen (secondary N) is 1. The first-order chi connectivity index (χ1) is 20.7. The Balaban J connectivity index is 1.57. The highest BCUT2D eigenvalue weighted by Crippen LogP contribution is 2.53. The maximum absolute atomic E-state index is 14.0. The number of fused-ring (bicyclic) bond motifs is 3. The van der Waals surface area contributed by atoms with Crippen LogP contribution < -0.4 is 11.1 Å². The van der Waals surface area contributed by atoms with Gasteiger partial charge in [0.15, 0.2) is 11.4 Å². The summed E-state index contributed by atoms with van der Waals surface area (Å²) in [6.45, 7) is 4.13. The topological polar surface area (TPSA) is 200 Å². The van der Waals surface area contributed by atoms with Crippen LogP contribution in [0.15, 0.2) is 53.3 Å². The molecule has 0 aliphatic heterocycles. The molecule has 232 valence electrons. The molecule has 44 heavy (non-hydrogen) atoms. The molecule has 0 heterocycles. The highest BCUT2D eigenvalue weighted by atomic mass is 16.5. The largest absolute Gasteiger partial charge is 0.508 e. The Kier molecular flexibility index (Phi) is 7.77. The highest BCUT2D eigenvalue weighted by Gasteiger charge is 2.64. The fourth-order valence-corrected chi connectivity index (χ4v) is 6.64. The van der Waals surface area contributed by atoms with Crippen molar-refractivity contribution in [3.05, 3.63) is 64.4 Å². The van der Waals surface area contributed by atoms with Gasteiger partial charge >= 0.3 is 6.09 Å². The van der Waals surface area contributed by atoms with Gasteiger partial charge in [0.25, 0.3) is 5.91 Å². The molecule has 0 radical (unpaired) electrons. The quantitative estimate of drug-likeness (QED) is 0.266. The van der Waals surface area contributed by atoms with Crippen LogP contribution in [0.5, 0.6) is 5.75 Å². The van der Waals surface area contributed by atoms with Crippen molar-refractivity contribution in [3.8, 4) is 16.9 Å². The number of phenols is 1. The van der Waals surface area contributed by atoms with Crippen LogP contribution in [0.2, 0.25) is 0 Å². The van der Waals surface area contributed by atoms with Crippen molar-refractivity contribution in [2.24, 2.45) is 23.5 Å². The van der Waals surface area contributed by atoms with Crippen LogP contribution in [-0.2, 0) is 25.5 Å². The molecule has 0 spiro atoms. The molecule has 0 saturated heterocycles. The summed E-state index contributed by atoms with van der Waals surface area (Å²) < 4.78 is 5.16. The Hall–Kier alpha value is -4.68. The van der Waals surface area contributed by atoms with Crippen molar-refractivity contribution < 1.29 is 44.3 Å². The van der Waals surface area contributed by atoms with E-state index in [2.05, 4.69) is 5.32 Å². The summed E-state index contributed by atoms with van der Waals surface area (Å²) in [6.07, 6.45) is -0.443. The number of ether oxygens (including phenoxy) is 1. The molecule has 0 unspecified atom stereocenters. The van der Waals surface area contributed by atoms with Crippen LogP contribution in [0.4, 0.5) is 10.5 Å². The number of aliphatic hydroxyl groups excluding tert-OH is 2. The number of likely N-dealkylation sites (N-methyl/N-ethyl adjacent to an activating group) is 1. The Bertz CT molecular complexity index is 1640. The van der Waals surface area contributed by atoms with Gasteiger partial charge in [0.2, 0.25) is 5.78 Å². The lowest BCUT2D eigenvalue weighted by Gasteiger charge is -2.50. The van der Waals surface area contributed by atoms with E-state index < -0.39 is 64.1 Å². The molecule has 2 aromatic carbocycles. The van der Waals surface area contributed by atoms with Gasteiger partial charge in [-0.3, -0.25) is 24.6 Å². The van der Waals surface area contributed by atoms with Crippen molar-refractivity contribution in [2.75, 3.05) is 26.0 Å². The number of rotatable bonds is 6. The van der Waals surface area contributed by atoms with Crippen LogP contribution in [0, 0.1) is 17.8 Å². The second-order valence-corrected chi connectivity index (χ2v) is 12.1. The van der Waals surface area contributed by atoms with Gasteiger partial charge in [0, 0.05) is 17.2 Å². The summed E-state index contributed by atoms with van der Waals surface area (Å²) in [5.41, 5.74) is 3.97. The van der Waals surface area contributed by atoms with Crippen molar-refractivity contribution >= 4 is 35.0 Å². The number of hydrogen-bond acceptors (Lipinski definition) is 10. The van der Waals surface area contributed by atoms with Crippen LogP contribution in [0.25, 0.3) is 16.9 Å². The van der Waals surface area contributed by atoms with Crippen LogP contribution in [-0.4, -0.2) is 81.2 Å². The number of carbonyl (C=O) groups excluding carboxylic acids is 4. The van der Waals surface area contributed by atoms with E-state index in [1.807, 2.05) is 13.8 Å². The molecule has 3 aliphatic rings. The summed E-state index contributed by atoms with van der Waals surface area (Å²) in [6, 6.07) is 8.75. The molecule has 0 aromatic heterocycles. The lowest BCUT2D eigenvalue weighted by atomic mass is 9.57. The Morgan fingerprint density at radius 1 is 1.09 bits per heavy atom. The number of anilines is 1. The number of amides is 2. The highest BCUT2D eigenvalue weighted by molar-refractivity contribution is 6.24. The molecule has 0 bridgehead atoms. The lowest BCUT2D eigenvalue weighted by molar-refractivity contribution is -0.153. The number of primary amides is 1. The van der Waals surface area contributed by atoms with Gasteiger partial charge in [-0.25, -0.2) is 4.79 Å². The fraction of sp³-hybridized carbons (Fsp3) is 0.375. The van der Waals surface area contributed by atoms with E-state index in [1.54, 1.807) is 44.4 Å². The van der Waals surface area contributed by atoms with E-state index in [1.165, 1.54) is 11.0 Å². The number of nitrogens with two attached hydrogens (primary N) is 1. The zero-order valence-corrected chi connectivity index (χ0v) is 24.7. The number of hydrogen-bond donors (Lipinski definition) is 6. The van der Waals surface area contributed by atoms with Crippen LogP contribution in [0.3, 0.4) is 0 Å². The second kappa shape index (κ2) is 11.1. The standard InChI is InChI=1S/C32H35N3O9/c1-14(2)13-44-31(42)34-17-7-5-15(6-8-17)18-9-10-21(36)23-19(18)11-16-12-20-25(35(3)4)27(38)24(30(33)41)29(40)32(20,43)28(39)22(16)26(23)37/h5-10,14,16,20,25,36-37,40,43H,11-13H2,1-4H3,(H2,33,41)(H,34,42)/t16-,20-,25+,32-/m0/s1. The molecule has 2 aromatic rings. The minimum Gasteiger partial charge on any atom is -0.508 e. The summed E-state index contributed by atoms with van der Waals surface area (Å²) in [5, 5.41) is 47.7. The molecule has 2 amide bonds. The zero-order chi connectivity index (χ0) is 32.2. The smallest absolute Gasteiger partial charge is 0.411 e.